The number of rotatable bonds is 6. The maximum Gasteiger partial charge on any atom is 0.167 e. The zero-order valence-corrected chi connectivity index (χ0v) is 13.9. The van der Waals surface area contributed by atoms with Crippen LogP contribution in [0.2, 0.25) is 0 Å². The molecule has 0 aliphatic carbocycles. The Kier molecular flexibility index (Phi) is 5.18. The Labute approximate surface area is 141 Å². The van der Waals surface area contributed by atoms with Gasteiger partial charge in [-0.2, -0.15) is 0 Å². The van der Waals surface area contributed by atoms with Crippen LogP contribution in [-0.4, -0.2) is 77.6 Å². The average molecular weight is 357 g/mol. The normalized spacial score (nSPS) is 28.5. The number of nitrogen functional groups attached to an aromatic ring is 1. The predicted octanol–water partition coefficient (Wildman–Crippen LogP) is -1.75. The van der Waals surface area contributed by atoms with Crippen molar-refractivity contribution in [3.05, 3.63) is 12.7 Å². The van der Waals surface area contributed by atoms with Gasteiger partial charge in [0.15, 0.2) is 17.7 Å². The van der Waals surface area contributed by atoms with Crippen LogP contribution in [0.3, 0.4) is 0 Å². The largest absolute Gasteiger partial charge is 0.387 e. The zero-order chi connectivity index (χ0) is 17.3. The first-order valence-corrected chi connectivity index (χ1v) is 9.40. The summed E-state index contributed by atoms with van der Waals surface area (Å²) in [6.45, 7) is 0.469. The van der Waals surface area contributed by atoms with Crippen LogP contribution in [-0.2, 0) is 15.6 Å². The van der Waals surface area contributed by atoms with Crippen molar-refractivity contribution in [2.24, 2.45) is 0 Å². The molecule has 11 heteroatoms. The van der Waals surface area contributed by atoms with Crippen LogP contribution in [0.1, 0.15) is 6.23 Å². The molecule has 1 unspecified atom stereocenters. The molecule has 6 N–H and O–H groups in total. The number of ether oxygens (including phenoxy) is 1. The van der Waals surface area contributed by atoms with Gasteiger partial charge in [-0.1, -0.05) is 0 Å². The molecule has 2 aromatic heterocycles. The summed E-state index contributed by atoms with van der Waals surface area (Å²) < 4.78 is 7.43. The Morgan fingerprint density at radius 1 is 1.33 bits per heavy atom. The van der Waals surface area contributed by atoms with Crippen molar-refractivity contribution in [3.63, 3.8) is 0 Å². The molecule has 0 aromatic carbocycles. The van der Waals surface area contributed by atoms with E-state index in [1.54, 1.807) is 4.57 Å². The van der Waals surface area contributed by atoms with E-state index in [0.29, 0.717) is 23.5 Å². The number of hydrogen-bond donors (Lipinski definition) is 5. The van der Waals surface area contributed by atoms with Gasteiger partial charge in [-0.15, -0.1) is 0 Å². The van der Waals surface area contributed by atoms with Crippen molar-refractivity contribution < 1.29 is 20.2 Å². The Balaban J connectivity index is 1.78. The van der Waals surface area contributed by atoms with E-state index in [1.165, 1.54) is 12.7 Å². The van der Waals surface area contributed by atoms with Crippen LogP contribution in [0.15, 0.2) is 12.7 Å². The summed E-state index contributed by atoms with van der Waals surface area (Å²) >= 11 is 0. The SMILES string of the molecule is C[S+](CCNO)C[C@H]1O[C@@H](n2cnc3c(N)ncnc32)[C@H](O)[C@@H]1O. The molecular weight excluding hydrogens is 336 g/mol. The van der Waals surface area contributed by atoms with Crippen molar-refractivity contribution in [2.45, 2.75) is 24.5 Å². The summed E-state index contributed by atoms with van der Waals surface area (Å²) in [6, 6.07) is 0. The number of imidazole rings is 1. The highest BCUT2D eigenvalue weighted by molar-refractivity contribution is 7.96. The topological polar surface area (TPSA) is 152 Å². The number of aliphatic hydroxyl groups is 2. The fourth-order valence-electron chi connectivity index (χ4n) is 2.74. The molecule has 1 saturated heterocycles. The van der Waals surface area contributed by atoms with E-state index in [2.05, 4.69) is 20.4 Å². The number of anilines is 1. The molecule has 0 saturated carbocycles. The van der Waals surface area contributed by atoms with Crippen LogP contribution in [0.4, 0.5) is 5.82 Å². The van der Waals surface area contributed by atoms with Gasteiger partial charge in [-0.25, -0.2) is 20.4 Å². The number of hydrogen-bond acceptors (Lipinski definition) is 9. The Bertz CT molecular complexity index is 700. The summed E-state index contributed by atoms with van der Waals surface area (Å²) in [6.07, 6.45) is 1.40. The maximum absolute atomic E-state index is 10.4. The smallest absolute Gasteiger partial charge is 0.167 e. The van der Waals surface area contributed by atoms with Crippen molar-refractivity contribution in [1.29, 1.82) is 0 Å². The highest BCUT2D eigenvalue weighted by Gasteiger charge is 2.46. The lowest BCUT2D eigenvalue weighted by atomic mass is 10.1. The predicted molar refractivity (Wildman–Crippen MR) is 88.5 cm³/mol. The lowest BCUT2D eigenvalue weighted by Crippen LogP contribution is -2.36. The first-order chi connectivity index (χ1) is 11.5. The quantitative estimate of drug-likeness (QED) is 0.299. The highest BCUT2D eigenvalue weighted by atomic mass is 32.2. The number of fused-ring (bicyclic) bond motifs is 1. The minimum absolute atomic E-state index is 0.0770. The Morgan fingerprint density at radius 2 is 2.12 bits per heavy atom. The molecule has 0 spiro atoms. The van der Waals surface area contributed by atoms with Crippen molar-refractivity contribution in [3.8, 4) is 0 Å². The fourth-order valence-corrected chi connectivity index (χ4v) is 4.18. The first kappa shape index (κ1) is 17.3. The van der Waals surface area contributed by atoms with Crippen LogP contribution >= 0.6 is 0 Å². The zero-order valence-electron chi connectivity index (χ0n) is 13.1. The van der Waals surface area contributed by atoms with Crippen molar-refractivity contribution in [2.75, 3.05) is 30.0 Å². The van der Waals surface area contributed by atoms with Crippen LogP contribution in [0.5, 0.6) is 0 Å². The maximum atomic E-state index is 10.4. The lowest BCUT2D eigenvalue weighted by Gasteiger charge is -2.16. The van der Waals surface area contributed by atoms with Crippen molar-refractivity contribution in [1.82, 2.24) is 25.0 Å². The lowest BCUT2D eigenvalue weighted by molar-refractivity contribution is -0.0290. The van der Waals surface area contributed by atoms with Crippen molar-refractivity contribution >= 4 is 27.9 Å². The molecule has 0 amide bonds. The van der Waals surface area contributed by atoms with Crippen LogP contribution in [0, 0.1) is 0 Å². The minimum atomic E-state index is -1.10. The third-order valence-corrected chi connectivity index (χ3v) is 5.81. The van der Waals surface area contributed by atoms with Gasteiger partial charge >= 0.3 is 0 Å². The molecule has 24 heavy (non-hydrogen) atoms. The van der Waals surface area contributed by atoms with E-state index in [1.807, 2.05) is 6.26 Å². The molecule has 1 aliphatic rings. The van der Waals surface area contributed by atoms with Crippen LogP contribution in [0.25, 0.3) is 11.2 Å². The minimum Gasteiger partial charge on any atom is -0.387 e. The number of hydroxylamine groups is 1. The summed E-state index contributed by atoms with van der Waals surface area (Å²) in [5.41, 5.74) is 8.75. The first-order valence-electron chi connectivity index (χ1n) is 7.43. The molecule has 0 radical (unpaired) electrons. The molecule has 10 nitrogen and oxygen atoms in total. The standard InChI is InChI=1S/C13H21N6O4S/c1-24(3-2-18-22)4-7-9(20)10(21)13(23-7)19-6-17-8-11(14)15-5-16-12(8)19/h5-7,9-10,13,18,20-22H,2-4H2,1H3,(H2,14,15,16)/q+1/t7-,9-,10-,13-,24?/m1/s1. The molecule has 132 valence electrons. The fraction of sp³-hybridized carbons (Fsp3) is 0.615. The average Bonchev–Trinajstić information content (AvgIpc) is 3.10. The molecule has 3 heterocycles. The van der Waals surface area contributed by atoms with E-state index in [-0.39, 0.29) is 16.7 Å². The summed E-state index contributed by atoms with van der Waals surface area (Å²) in [5.74, 6) is 1.58. The van der Waals surface area contributed by atoms with Crippen LogP contribution < -0.4 is 11.2 Å². The second-order valence-corrected chi connectivity index (χ2v) is 7.99. The number of nitrogens with one attached hydrogen (secondary N) is 1. The summed E-state index contributed by atoms with van der Waals surface area (Å²) in [5, 5.41) is 29.3. The third kappa shape index (κ3) is 3.18. The molecular formula is C13H21N6O4S+. The van der Waals surface area contributed by atoms with Gasteiger partial charge < -0.3 is 25.9 Å². The molecule has 1 aliphatic heterocycles. The Morgan fingerprint density at radius 3 is 2.88 bits per heavy atom. The van der Waals surface area contributed by atoms with E-state index in [0.717, 1.165) is 5.75 Å². The van der Waals surface area contributed by atoms with Gasteiger partial charge in [0.25, 0.3) is 0 Å². The number of nitrogens with two attached hydrogens (primary N) is 1. The molecule has 5 atom stereocenters. The highest BCUT2D eigenvalue weighted by Crippen LogP contribution is 2.32. The van der Waals surface area contributed by atoms with E-state index in [4.69, 9.17) is 15.7 Å². The second kappa shape index (κ2) is 7.17. The second-order valence-electron chi connectivity index (χ2n) is 5.69. The van der Waals surface area contributed by atoms with Gasteiger partial charge in [0.05, 0.1) is 19.1 Å². The van der Waals surface area contributed by atoms with Gasteiger partial charge in [-0.05, 0) is 10.9 Å². The Hall–Kier alpha value is -1.50. The monoisotopic (exact) mass is 357 g/mol. The van der Waals surface area contributed by atoms with E-state index < -0.39 is 24.5 Å². The van der Waals surface area contributed by atoms with Gasteiger partial charge in [0, 0.05) is 0 Å². The molecule has 0 bridgehead atoms. The molecule has 1 fully saturated rings. The van der Waals surface area contributed by atoms with Gasteiger partial charge in [-0.3, -0.25) is 4.57 Å². The third-order valence-electron chi connectivity index (χ3n) is 4.01. The van der Waals surface area contributed by atoms with Gasteiger partial charge in [0.1, 0.15) is 41.7 Å². The summed E-state index contributed by atoms with van der Waals surface area (Å²) in [7, 11) is -0.0770. The number of nitrogens with zero attached hydrogens (tertiary/aromatic N) is 4. The summed E-state index contributed by atoms with van der Waals surface area (Å²) in [4.78, 5) is 12.2. The van der Waals surface area contributed by atoms with Gasteiger partial charge in [0.2, 0.25) is 0 Å². The molecule has 2 aromatic rings. The van der Waals surface area contributed by atoms with E-state index in [9.17, 15) is 10.2 Å². The number of aliphatic hydroxyl groups excluding tert-OH is 2. The molecule has 3 rings (SSSR count). The van der Waals surface area contributed by atoms with E-state index >= 15 is 0 Å². The number of aromatic nitrogens is 4.